The van der Waals surface area contributed by atoms with E-state index in [2.05, 4.69) is 5.32 Å². The van der Waals surface area contributed by atoms with Gasteiger partial charge in [0.2, 0.25) is 10.0 Å². The lowest BCUT2D eigenvalue weighted by molar-refractivity contribution is -0.143. The SMILES string of the molecule is CC1CCCN(S(=O)(=O)c2ccc(C(=O)NCC3(C(=O)O)CC3)cc2)C1. The molecule has 1 heterocycles. The Balaban J connectivity index is 1.66. The number of benzene rings is 1. The number of carbonyl (C=O) groups is 2. The van der Waals surface area contributed by atoms with E-state index in [1.807, 2.05) is 6.92 Å². The predicted octanol–water partition coefficient (Wildman–Crippen LogP) is 1.70. The van der Waals surface area contributed by atoms with E-state index in [-0.39, 0.29) is 11.4 Å². The minimum Gasteiger partial charge on any atom is -0.481 e. The zero-order valence-electron chi connectivity index (χ0n) is 14.8. The Morgan fingerprint density at radius 1 is 1.27 bits per heavy atom. The third-order valence-electron chi connectivity index (χ3n) is 5.27. The minimum atomic E-state index is -3.55. The molecule has 142 valence electrons. The molecule has 0 spiro atoms. The van der Waals surface area contributed by atoms with Crippen molar-refractivity contribution in [3.05, 3.63) is 29.8 Å². The topological polar surface area (TPSA) is 104 Å². The lowest BCUT2D eigenvalue weighted by Gasteiger charge is -2.30. The first-order valence-corrected chi connectivity index (χ1v) is 10.3. The van der Waals surface area contributed by atoms with E-state index in [0.29, 0.717) is 37.4 Å². The molecular formula is C18H24N2O5S. The summed E-state index contributed by atoms with van der Waals surface area (Å²) in [6.45, 7) is 3.17. The van der Waals surface area contributed by atoms with Crippen LogP contribution in [-0.4, -0.2) is 49.3 Å². The molecule has 0 aromatic heterocycles. The van der Waals surface area contributed by atoms with Gasteiger partial charge in [-0.25, -0.2) is 8.42 Å². The molecule has 1 saturated carbocycles. The predicted molar refractivity (Wildman–Crippen MR) is 95.2 cm³/mol. The van der Waals surface area contributed by atoms with Gasteiger partial charge in [0.05, 0.1) is 10.3 Å². The number of hydrogen-bond acceptors (Lipinski definition) is 4. The second kappa shape index (κ2) is 7.00. The highest BCUT2D eigenvalue weighted by Gasteiger charge is 2.50. The largest absolute Gasteiger partial charge is 0.481 e. The van der Waals surface area contributed by atoms with Crippen molar-refractivity contribution in [2.24, 2.45) is 11.3 Å². The molecular weight excluding hydrogens is 356 g/mol. The first kappa shape index (κ1) is 18.8. The molecule has 1 amide bonds. The number of aliphatic carboxylic acids is 1. The number of rotatable bonds is 6. The van der Waals surface area contributed by atoms with Crippen LogP contribution in [0.5, 0.6) is 0 Å². The van der Waals surface area contributed by atoms with Gasteiger partial charge in [0.1, 0.15) is 0 Å². The third-order valence-corrected chi connectivity index (χ3v) is 7.15. The van der Waals surface area contributed by atoms with E-state index in [4.69, 9.17) is 5.11 Å². The van der Waals surface area contributed by atoms with E-state index in [1.165, 1.54) is 28.6 Å². The summed E-state index contributed by atoms with van der Waals surface area (Å²) in [5, 5.41) is 11.8. The molecule has 1 aromatic rings. The Bertz CT molecular complexity index is 799. The molecule has 0 radical (unpaired) electrons. The van der Waals surface area contributed by atoms with Crippen LogP contribution in [0.4, 0.5) is 0 Å². The van der Waals surface area contributed by atoms with Crippen LogP contribution in [0, 0.1) is 11.3 Å². The average Bonchev–Trinajstić information content (AvgIpc) is 3.41. The maximum Gasteiger partial charge on any atom is 0.311 e. The molecule has 26 heavy (non-hydrogen) atoms. The van der Waals surface area contributed by atoms with Crippen molar-refractivity contribution in [2.45, 2.75) is 37.5 Å². The number of nitrogens with one attached hydrogen (secondary N) is 1. The van der Waals surface area contributed by atoms with Gasteiger partial charge in [-0.1, -0.05) is 6.92 Å². The lowest BCUT2D eigenvalue weighted by Crippen LogP contribution is -2.39. The van der Waals surface area contributed by atoms with Gasteiger partial charge in [0, 0.05) is 25.2 Å². The Kier molecular flexibility index (Phi) is 5.07. The van der Waals surface area contributed by atoms with Crippen molar-refractivity contribution in [3.8, 4) is 0 Å². The maximum atomic E-state index is 12.7. The first-order valence-electron chi connectivity index (χ1n) is 8.86. The normalized spacial score (nSPS) is 22.6. The van der Waals surface area contributed by atoms with Crippen molar-refractivity contribution in [1.29, 1.82) is 0 Å². The Morgan fingerprint density at radius 3 is 2.46 bits per heavy atom. The number of nitrogens with zero attached hydrogens (tertiary/aromatic N) is 1. The lowest BCUT2D eigenvalue weighted by atomic mass is 10.0. The summed E-state index contributed by atoms with van der Waals surface area (Å²) in [4.78, 5) is 23.5. The van der Waals surface area contributed by atoms with Crippen LogP contribution in [0.15, 0.2) is 29.2 Å². The van der Waals surface area contributed by atoms with Gasteiger partial charge in [-0.05, 0) is 55.9 Å². The number of carboxylic acid groups (broad SMARTS) is 1. The van der Waals surface area contributed by atoms with Crippen LogP contribution < -0.4 is 5.32 Å². The fourth-order valence-electron chi connectivity index (χ4n) is 3.26. The quantitative estimate of drug-likeness (QED) is 0.782. The highest BCUT2D eigenvalue weighted by molar-refractivity contribution is 7.89. The van der Waals surface area contributed by atoms with Gasteiger partial charge in [-0.2, -0.15) is 4.31 Å². The van der Waals surface area contributed by atoms with Gasteiger partial charge >= 0.3 is 5.97 Å². The Morgan fingerprint density at radius 2 is 1.92 bits per heavy atom. The summed E-state index contributed by atoms with van der Waals surface area (Å²) in [5.41, 5.74) is -0.513. The van der Waals surface area contributed by atoms with Crippen molar-refractivity contribution >= 4 is 21.9 Å². The summed E-state index contributed by atoms with van der Waals surface area (Å²) in [6.07, 6.45) is 3.01. The van der Waals surface area contributed by atoms with Crippen LogP contribution >= 0.6 is 0 Å². The average molecular weight is 380 g/mol. The van der Waals surface area contributed by atoms with Gasteiger partial charge in [-0.15, -0.1) is 0 Å². The number of amides is 1. The summed E-state index contributed by atoms with van der Waals surface area (Å²) < 4.78 is 26.9. The molecule has 2 fully saturated rings. The Labute approximate surface area is 153 Å². The van der Waals surface area contributed by atoms with Gasteiger partial charge in [0.15, 0.2) is 0 Å². The monoisotopic (exact) mass is 380 g/mol. The number of piperidine rings is 1. The highest BCUT2D eigenvalue weighted by atomic mass is 32.2. The summed E-state index contributed by atoms with van der Waals surface area (Å²) in [7, 11) is -3.55. The maximum absolute atomic E-state index is 12.7. The smallest absolute Gasteiger partial charge is 0.311 e. The van der Waals surface area contributed by atoms with Crippen molar-refractivity contribution in [3.63, 3.8) is 0 Å². The van der Waals surface area contributed by atoms with Crippen LogP contribution in [0.1, 0.15) is 43.0 Å². The highest BCUT2D eigenvalue weighted by Crippen LogP contribution is 2.45. The molecule has 1 atom stereocenters. The molecule has 2 N–H and O–H groups in total. The molecule has 1 aliphatic heterocycles. The minimum absolute atomic E-state index is 0.0902. The number of carboxylic acids is 1. The standard InChI is InChI=1S/C18H24N2O5S/c1-13-3-2-10-20(11-13)26(24,25)15-6-4-14(5-7-15)16(21)19-12-18(8-9-18)17(22)23/h4-7,13H,2-3,8-12H2,1H3,(H,19,21)(H,22,23). The van der Waals surface area contributed by atoms with Crippen molar-refractivity contribution in [2.75, 3.05) is 19.6 Å². The molecule has 7 nitrogen and oxygen atoms in total. The van der Waals surface area contributed by atoms with Crippen LogP contribution in [0.3, 0.4) is 0 Å². The molecule has 0 bridgehead atoms. The second-order valence-electron chi connectivity index (χ2n) is 7.40. The number of hydrogen-bond donors (Lipinski definition) is 2. The van der Waals surface area contributed by atoms with E-state index >= 15 is 0 Å². The Hall–Kier alpha value is -1.93. The summed E-state index contributed by atoms with van der Waals surface area (Å²) >= 11 is 0. The molecule has 1 saturated heterocycles. The van der Waals surface area contributed by atoms with Crippen molar-refractivity contribution < 1.29 is 23.1 Å². The fraction of sp³-hybridized carbons (Fsp3) is 0.556. The van der Waals surface area contributed by atoms with E-state index in [1.54, 1.807) is 0 Å². The fourth-order valence-corrected chi connectivity index (χ4v) is 4.86. The van der Waals surface area contributed by atoms with Crippen LogP contribution in [-0.2, 0) is 14.8 Å². The molecule has 2 aliphatic rings. The summed E-state index contributed by atoms with van der Waals surface area (Å²) in [6, 6.07) is 5.81. The van der Waals surface area contributed by atoms with Gasteiger partial charge in [0.25, 0.3) is 5.91 Å². The van der Waals surface area contributed by atoms with Crippen molar-refractivity contribution in [1.82, 2.24) is 9.62 Å². The zero-order valence-corrected chi connectivity index (χ0v) is 15.6. The van der Waals surface area contributed by atoms with Crippen LogP contribution in [0.2, 0.25) is 0 Å². The van der Waals surface area contributed by atoms with E-state index < -0.39 is 27.3 Å². The van der Waals surface area contributed by atoms with E-state index in [0.717, 1.165) is 12.8 Å². The molecule has 8 heteroatoms. The van der Waals surface area contributed by atoms with Crippen LogP contribution in [0.25, 0.3) is 0 Å². The molecule has 1 aromatic carbocycles. The molecule has 1 unspecified atom stereocenters. The first-order chi connectivity index (χ1) is 12.2. The van der Waals surface area contributed by atoms with Gasteiger partial charge in [-0.3, -0.25) is 9.59 Å². The van der Waals surface area contributed by atoms with E-state index in [9.17, 15) is 18.0 Å². The summed E-state index contributed by atoms with van der Waals surface area (Å²) in [5.74, 6) is -0.948. The number of sulfonamides is 1. The van der Waals surface area contributed by atoms with Gasteiger partial charge < -0.3 is 10.4 Å². The molecule has 1 aliphatic carbocycles. The molecule has 3 rings (SSSR count). The zero-order chi connectivity index (χ0) is 18.9. The third kappa shape index (κ3) is 3.76. The number of carbonyl (C=O) groups excluding carboxylic acids is 1. The second-order valence-corrected chi connectivity index (χ2v) is 9.34.